The quantitative estimate of drug-likeness (QED) is 0.437. The molecule has 0 aliphatic carbocycles. The van der Waals surface area contributed by atoms with Gasteiger partial charge in [0, 0.05) is 28.9 Å². The summed E-state index contributed by atoms with van der Waals surface area (Å²) in [7, 11) is 0. The van der Waals surface area contributed by atoms with Gasteiger partial charge in [-0.25, -0.2) is 0 Å². The second-order valence-corrected chi connectivity index (χ2v) is 9.28. The summed E-state index contributed by atoms with van der Waals surface area (Å²) in [5.41, 5.74) is 3.07. The zero-order valence-electron chi connectivity index (χ0n) is 18.3. The Kier molecular flexibility index (Phi) is 10.7. The SMILES string of the molecule is CCCNC(=O)[C@H](CC)N(Cc1cccc(C)c1)C(=O)CSCc1ccc(Cl)cc1Cl. The van der Waals surface area contributed by atoms with Crippen LogP contribution in [0.15, 0.2) is 42.5 Å². The van der Waals surface area contributed by atoms with Gasteiger partial charge in [-0.05, 0) is 43.0 Å². The number of nitrogens with zero attached hydrogens (tertiary/aromatic N) is 1. The molecule has 0 fully saturated rings. The smallest absolute Gasteiger partial charge is 0.242 e. The highest BCUT2D eigenvalue weighted by Crippen LogP contribution is 2.25. The van der Waals surface area contributed by atoms with Crippen molar-refractivity contribution in [3.63, 3.8) is 0 Å². The minimum atomic E-state index is -0.501. The normalized spacial score (nSPS) is 11.8. The van der Waals surface area contributed by atoms with Crippen LogP contribution in [-0.4, -0.2) is 35.1 Å². The van der Waals surface area contributed by atoms with Crippen LogP contribution in [0.1, 0.15) is 43.4 Å². The molecule has 0 saturated heterocycles. The third kappa shape index (κ3) is 8.06. The van der Waals surface area contributed by atoms with Gasteiger partial charge in [0.05, 0.1) is 5.75 Å². The predicted octanol–water partition coefficient (Wildman–Crippen LogP) is 5.87. The molecule has 0 aliphatic heterocycles. The molecule has 0 heterocycles. The summed E-state index contributed by atoms with van der Waals surface area (Å²) in [5.74, 6) is 0.701. The number of rotatable bonds is 11. The molecular weight excluding hydrogens is 451 g/mol. The number of aryl methyl sites for hydroxylation is 1. The number of carbonyl (C=O) groups is 2. The lowest BCUT2D eigenvalue weighted by Gasteiger charge is -2.30. The zero-order chi connectivity index (χ0) is 22.8. The molecule has 0 spiro atoms. The maximum Gasteiger partial charge on any atom is 0.242 e. The van der Waals surface area contributed by atoms with Gasteiger partial charge in [-0.1, -0.05) is 72.9 Å². The Balaban J connectivity index is 2.13. The monoisotopic (exact) mass is 480 g/mol. The predicted molar refractivity (Wildman–Crippen MR) is 132 cm³/mol. The Morgan fingerprint density at radius 3 is 2.55 bits per heavy atom. The average Bonchev–Trinajstić information content (AvgIpc) is 2.73. The Hall–Kier alpha value is -1.69. The van der Waals surface area contributed by atoms with Crippen LogP contribution in [0.2, 0.25) is 10.0 Å². The molecule has 0 aromatic heterocycles. The van der Waals surface area contributed by atoms with E-state index in [9.17, 15) is 9.59 Å². The molecule has 2 aromatic rings. The first kappa shape index (κ1) is 25.6. The maximum atomic E-state index is 13.2. The topological polar surface area (TPSA) is 49.4 Å². The molecule has 168 valence electrons. The number of hydrogen-bond acceptors (Lipinski definition) is 3. The third-order valence-corrected chi connectivity index (χ3v) is 6.42. The van der Waals surface area contributed by atoms with Crippen LogP contribution in [0.3, 0.4) is 0 Å². The van der Waals surface area contributed by atoms with E-state index >= 15 is 0 Å². The molecule has 2 aromatic carbocycles. The molecule has 31 heavy (non-hydrogen) atoms. The summed E-state index contributed by atoms with van der Waals surface area (Å²) in [6, 6.07) is 12.9. The van der Waals surface area contributed by atoms with Gasteiger partial charge < -0.3 is 10.2 Å². The minimum absolute atomic E-state index is 0.0601. The molecule has 1 atom stereocenters. The molecule has 0 saturated carbocycles. The lowest BCUT2D eigenvalue weighted by atomic mass is 10.1. The fourth-order valence-corrected chi connectivity index (χ4v) is 4.73. The van der Waals surface area contributed by atoms with E-state index in [-0.39, 0.29) is 17.6 Å². The number of carbonyl (C=O) groups excluding carboxylic acids is 2. The van der Waals surface area contributed by atoms with Crippen LogP contribution in [0.25, 0.3) is 0 Å². The van der Waals surface area contributed by atoms with Crippen LogP contribution in [0, 0.1) is 6.92 Å². The van der Waals surface area contributed by atoms with Crippen molar-refractivity contribution in [1.82, 2.24) is 10.2 Å². The molecule has 0 bridgehead atoms. The largest absolute Gasteiger partial charge is 0.354 e. The standard InChI is InChI=1S/C24H30Cl2N2O2S/c1-4-11-27-24(30)22(5-2)28(14-18-8-6-7-17(3)12-18)23(29)16-31-15-19-9-10-20(25)13-21(19)26/h6-10,12-13,22H,4-5,11,14-16H2,1-3H3,(H,27,30)/t22-/m0/s1. The first-order valence-corrected chi connectivity index (χ1v) is 12.4. The summed E-state index contributed by atoms with van der Waals surface area (Å²) in [5, 5.41) is 4.12. The van der Waals surface area contributed by atoms with Gasteiger partial charge in [0.25, 0.3) is 0 Å². The molecule has 0 aliphatic rings. The van der Waals surface area contributed by atoms with Crippen molar-refractivity contribution in [2.45, 2.75) is 52.0 Å². The summed E-state index contributed by atoms with van der Waals surface area (Å²) in [6.45, 7) is 6.97. The number of halogens is 2. The first-order valence-electron chi connectivity index (χ1n) is 10.5. The van der Waals surface area contributed by atoms with Gasteiger partial charge >= 0.3 is 0 Å². The van der Waals surface area contributed by atoms with Crippen LogP contribution in [-0.2, 0) is 21.9 Å². The summed E-state index contributed by atoms with van der Waals surface area (Å²) in [6.07, 6.45) is 1.41. The zero-order valence-corrected chi connectivity index (χ0v) is 20.6. The minimum Gasteiger partial charge on any atom is -0.354 e. The van der Waals surface area contributed by atoms with E-state index in [4.69, 9.17) is 23.2 Å². The van der Waals surface area contributed by atoms with Gasteiger partial charge in [-0.2, -0.15) is 0 Å². The van der Waals surface area contributed by atoms with Crippen molar-refractivity contribution >= 4 is 46.8 Å². The van der Waals surface area contributed by atoms with Crippen molar-refractivity contribution < 1.29 is 9.59 Å². The van der Waals surface area contributed by atoms with E-state index in [1.54, 1.807) is 17.0 Å². The average molecular weight is 481 g/mol. The lowest BCUT2D eigenvalue weighted by molar-refractivity contribution is -0.139. The second-order valence-electron chi connectivity index (χ2n) is 7.45. The van der Waals surface area contributed by atoms with Gasteiger partial charge in [0.1, 0.15) is 6.04 Å². The summed E-state index contributed by atoms with van der Waals surface area (Å²) in [4.78, 5) is 27.7. The number of nitrogens with one attached hydrogen (secondary N) is 1. The van der Waals surface area contributed by atoms with Crippen molar-refractivity contribution in [1.29, 1.82) is 0 Å². The molecule has 1 N–H and O–H groups in total. The number of amides is 2. The fraction of sp³-hybridized carbons (Fsp3) is 0.417. The number of benzene rings is 2. The van der Waals surface area contributed by atoms with E-state index in [0.29, 0.717) is 35.3 Å². The highest BCUT2D eigenvalue weighted by molar-refractivity contribution is 7.99. The molecule has 7 heteroatoms. The molecule has 0 unspecified atom stereocenters. The lowest BCUT2D eigenvalue weighted by Crippen LogP contribution is -2.49. The highest BCUT2D eigenvalue weighted by atomic mass is 35.5. The summed E-state index contributed by atoms with van der Waals surface area (Å²) >= 11 is 13.7. The maximum absolute atomic E-state index is 13.2. The Bertz CT molecular complexity index is 892. The molecule has 2 amide bonds. The van der Waals surface area contributed by atoms with Crippen LogP contribution < -0.4 is 5.32 Å². The Labute approximate surface area is 199 Å². The van der Waals surface area contributed by atoms with Crippen LogP contribution in [0.5, 0.6) is 0 Å². The van der Waals surface area contributed by atoms with Crippen molar-refractivity contribution in [3.8, 4) is 0 Å². The van der Waals surface area contributed by atoms with Crippen LogP contribution in [0.4, 0.5) is 0 Å². The molecule has 2 rings (SSSR count). The molecule has 4 nitrogen and oxygen atoms in total. The Morgan fingerprint density at radius 2 is 1.90 bits per heavy atom. The van der Waals surface area contributed by atoms with E-state index in [0.717, 1.165) is 23.1 Å². The van der Waals surface area contributed by atoms with Crippen LogP contribution >= 0.6 is 35.0 Å². The molecular formula is C24H30Cl2N2O2S. The highest BCUT2D eigenvalue weighted by Gasteiger charge is 2.28. The van der Waals surface area contributed by atoms with Gasteiger partial charge in [-0.15, -0.1) is 11.8 Å². The number of thioether (sulfide) groups is 1. The molecule has 0 radical (unpaired) electrons. The van der Waals surface area contributed by atoms with E-state index in [2.05, 4.69) is 11.4 Å². The van der Waals surface area contributed by atoms with Crippen molar-refractivity contribution in [2.24, 2.45) is 0 Å². The van der Waals surface area contributed by atoms with E-state index in [1.165, 1.54) is 11.8 Å². The first-order chi connectivity index (χ1) is 14.8. The number of hydrogen-bond donors (Lipinski definition) is 1. The Morgan fingerprint density at radius 1 is 1.13 bits per heavy atom. The fourth-order valence-electron chi connectivity index (χ4n) is 3.26. The van der Waals surface area contributed by atoms with E-state index in [1.807, 2.05) is 45.0 Å². The third-order valence-electron chi connectivity index (χ3n) is 4.87. The summed E-state index contributed by atoms with van der Waals surface area (Å²) < 4.78 is 0. The van der Waals surface area contributed by atoms with Crippen molar-refractivity contribution in [2.75, 3.05) is 12.3 Å². The second kappa shape index (κ2) is 13.0. The van der Waals surface area contributed by atoms with Crippen molar-refractivity contribution in [3.05, 3.63) is 69.2 Å². The van der Waals surface area contributed by atoms with Gasteiger partial charge in [-0.3, -0.25) is 9.59 Å². The van der Waals surface area contributed by atoms with Gasteiger partial charge in [0.15, 0.2) is 0 Å². The van der Waals surface area contributed by atoms with Gasteiger partial charge in [0.2, 0.25) is 11.8 Å². The van der Waals surface area contributed by atoms with E-state index < -0.39 is 6.04 Å².